The van der Waals surface area contributed by atoms with Gasteiger partial charge in [-0.3, -0.25) is 0 Å². The first-order chi connectivity index (χ1) is 8.50. The second kappa shape index (κ2) is 4.61. The highest BCUT2D eigenvalue weighted by Gasteiger charge is 2.19. The van der Waals surface area contributed by atoms with Crippen molar-refractivity contribution in [2.75, 3.05) is 0 Å². The normalized spacial score (nSPS) is 11.2. The topological polar surface area (TPSA) is 54.5 Å². The molecule has 1 aromatic heterocycles. The zero-order valence-electron chi connectivity index (χ0n) is 10.9. The number of benzene rings is 1. The van der Waals surface area contributed by atoms with E-state index >= 15 is 0 Å². The Morgan fingerprint density at radius 3 is 2.44 bits per heavy atom. The van der Waals surface area contributed by atoms with Crippen LogP contribution in [-0.4, -0.2) is 15.0 Å². The van der Waals surface area contributed by atoms with Crippen molar-refractivity contribution >= 4 is 0 Å². The molecule has 0 unspecified atom stereocenters. The molecule has 0 saturated heterocycles. The maximum Gasteiger partial charge on any atom is 0.0991 e. The zero-order chi connectivity index (χ0) is 13.2. The van der Waals surface area contributed by atoms with Gasteiger partial charge in [-0.1, -0.05) is 38.1 Å². The van der Waals surface area contributed by atoms with Gasteiger partial charge >= 0.3 is 0 Å². The fraction of sp³-hybridized carbons (Fsp3) is 0.357. The summed E-state index contributed by atoms with van der Waals surface area (Å²) in [7, 11) is 0. The minimum absolute atomic E-state index is 0.0239. The average Bonchev–Trinajstić information content (AvgIpc) is 2.78. The van der Waals surface area contributed by atoms with Crippen molar-refractivity contribution in [1.82, 2.24) is 15.0 Å². The van der Waals surface area contributed by atoms with E-state index in [1.165, 1.54) is 0 Å². The predicted molar refractivity (Wildman–Crippen MR) is 69.0 cm³/mol. The van der Waals surface area contributed by atoms with Gasteiger partial charge in [-0.2, -0.15) is 5.26 Å². The van der Waals surface area contributed by atoms with E-state index in [1.54, 1.807) is 0 Å². The first kappa shape index (κ1) is 12.3. The molecular weight excluding hydrogens is 224 g/mol. The lowest BCUT2D eigenvalue weighted by Crippen LogP contribution is -2.18. The Labute approximate surface area is 107 Å². The van der Waals surface area contributed by atoms with Crippen LogP contribution in [0.15, 0.2) is 30.5 Å². The first-order valence-electron chi connectivity index (χ1n) is 5.89. The Balaban J connectivity index is 2.24. The molecule has 4 nitrogen and oxygen atoms in total. The lowest BCUT2D eigenvalue weighted by molar-refractivity contribution is 0.501. The van der Waals surface area contributed by atoms with Gasteiger partial charge in [0.25, 0.3) is 0 Å². The number of nitriles is 1. The molecule has 0 N–H and O–H groups in total. The van der Waals surface area contributed by atoms with E-state index in [1.807, 2.05) is 35.1 Å². The highest BCUT2D eigenvalue weighted by molar-refractivity contribution is 5.31. The van der Waals surface area contributed by atoms with Crippen molar-refractivity contribution in [2.45, 2.75) is 32.7 Å². The van der Waals surface area contributed by atoms with Crippen molar-refractivity contribution < 1.29 is 0 Å². The minimum Gasteiger partial charge on any atom is -0.244 e. The van der Waals surface area contributed by atoms with E-state index in [9.17, 15) is 0 Å². The standard InChI is InChI=1S/C14H16N4/c1-14(2,3)13-9-16-17-18(13)10-12-6-4-11(8-15)5-7-12/h4-7,9H,10H2,1-3H3. The Kier molecular flexibility index (Phi) is 3.15. The van der Waals surface area contributed by atoms with Gasteiger partial charge in [0, 0.05) is 5.41 Å². The van der Waals surface area contributed by atoms with E-state index in [-0.39, 0.29) is 5.41 Å². The molecule has 18 heavy (non-hydrogen) atoms. The largest absolute Gasteiger partial charge is 0.244 e. The summed E-state index contributed by atoms with van der Waals surface area (Å²) in [5.41, 5.74) is 2.92. The molecule has 0 fully saturated rings. The molecule has 0 aliphatic heterocycles. The molecule has 4 heteroatoms. The van der Waals surface area contributed by atoms with Crippen LogP contribution >= 0.6 is 0 Å². The van der Waals surface area contributed by atoms with Crippen LogP contribution in [-0.2, 0) is 12.0 Å². The summed E-state index contributed by atoms with van der Waals surface area (Å²) in [5.74, 6) is 0. The van der Waals surface area contributed by atoms with Crippen LogP contribution < -0.4 is 0 Å². The van der Waals surface area contributed by atoms with Crippen molar-refractivity contribution in [1.29, 1.82) is 5.26 Å². The molecule has 0 atom stereocenters. The molecule has 0 amide bonds. The SMILES string of the molecule is CC(C)(C)c1cnnn1Cc1ccc(C#N)cc1. The van der Waals surface area contributed by atoms with Gasteiger partial charge in [0.1, 0.15) is 0 Å². The van der Waals surface area contributed by atoms with Crippen LogP contribution in [0, 0.1) is 11.3 Å². The molecule has 0 aliphatic carbocycles. The summed E-state index contributed by atoms with van der Waals surface area (Å²) >= 11 is 0. The van der Waals surface area contributed by atoms with Crippen LogP contribution in [0.5, 0.6) is 0 Å². The van der Waals surface area contributed by atoms with Gasteiger partial charge in [-0.25, -0.2) is 4.68 Å². The van der Waals surface area contributed by atoms with E-state index in [0.717, 1.165) is 11.3 Å². The fourth-order valence-corrected chi connectivity index (χ4v) is 1.81. The van der Waals surface area contributed by atoms with Crippen molar-refractivity contribution in [3.8, 4) is 6.07 Å². The van der Waals surface area contributed by atoms with Gasteiger partial charge in [-0.05, 0) is 17.7 Å². The highest BCUT2D eigenvalue weighted by atomic mass is 15.4. The predicted octanol–water partition coefficient (Wildman–Crippen LogP) is 2.50. The van der Waals surface area contributed by atoms with E-state index in [0.29, 0.717) is 12.1 Å². The second-order valence-corrected chi connectivity index (χ2v) is 5.34. The van der Waals surface area contributed by atoms with Crippen LogP contribution in [0.3, 0.4) is 0 Å². The molecular formula is C14H16N4. The third-order valence-electron chi connectivity index (χ3n) is 2.80. The molecule has 92 valence electrons. The van der Waals surface area contributed by atoms with E-state index < -0.39 is 0 Å². The number of aromatic nitrogens is 3. The maximum absolute atomic E-state index is 8.76. The Morgan fingerprint density at radius 1 is 1.22 bits per heavy atom. The van der Waals surface area contributed by atoms with Crippen molar-refractivity contribution in [2.24, 2.45) is 0 Å². The number of hydrogen-bond acceptors (Lipinski definition) is 3. The summed E-state index contributed by atoms with van der Waals surface area (Å²) in [4.78, 5) is 0. The van der Waals surface area contributed by atoms with Crippen molar-refractivity contribution in [3.63, 3.8) is 0 Å². The maximum atomic E-state index is 8.76. The quantitative estimate of drug-likeness (QED) is 0.810. The van der Waals surface area contributed by atoms with Gasteiger partial charge in [0.05, 0.1) is 30.1 Å². The van der Waals surface area contributed by atoms with Crippen LogP contribution in [0.1, 0.15) is 37.6 Å². The molecule has 0 spiro atoms. The van der Waals surface area contributed by atoms with Crippen molar-refractivity contribution in [3.05, 3.63) is 47.3 Å². The molecule has 0 radical (unpaired) electrons. The van der Waals surface area contributed by atoms with Crippen LogP contribution in [0.2, 0.25) is 0 Å². The van der Waals surface area contributed by atoms with Gasteiger partial charge < -0.3 is 0 Å². The molecule has 0 aliphatic rings. The highest BCUT2D eigenvalue weighted by Crippen LogP contribution is 2.21. The lowest BCUT2D eigenvalue weighted by Gasteiger charge is -2.19. The Hall–Kier alpha value is -2.15. The third-order valence-corrected chi connectivity index (χ3v) is 2.80. The van der Waals surface area contributed by atoms with E-state index in [4.69, 9.17) is 5.26 Å². The first-order valence-corrected chi connectivity index (χ1v) is 5.89. The summed E-state index contributed by atoms with van der Waals surface area (Å²) in [6, 6.07) is 9.66. The zero-order valence-corrected chi connectivity index (χ0v) is 10.9. The molecule has 0 bridgehead atoms. The summed E-state index contributed by atoms with van der Waals surface area (Å²) in [6.45, 7) is 7.10. The summed E-state index contributed by atoms with van der Waals surface area (Å²) in [6.07, 6.45) is 1.81. The molecule has 2 rings (SSSR count). The average molecular weight is 240 g/mol. The third kappa shape index (κ3) is 2.57. The number of rotatable bonds is 2. The molecule has 1 heterocycles. The van der Waals surface area contributed by atoms with Gasteiger partial charge in [-0.15, -0.1) is 5.10 Å². The Morgan fingerprint density at radius 2 is 1.89 bits per heavy atom. The van der Waals surface area contributed by atoms with E-state index in [2.05, 4.69) is 37.2 Å². The lowest BCUT2D eigenvalue weighted by atomic mass is 9.92. The fourth-order valence-electron chi connectivity index (χ4n) is 1.81. The number of nitrogens with zero attached hydrogens (tertiary/aromatic N) is 4. The number of hydrogen-bond donors (Lipinski definition) is 0. The van der Waals surface area contributed by atoms with Gasteiger partial charge in [0.2, 0.25) is 0 Å². The monoisotopic (exact) mass is 240 g/mol. The minimum atomic E-state index is 0.0239. The Bertz CT molecular complexity index is 567. The summed E-state index contributed by atoms with van der Waals surface area (Å²) in [5, 5.41) is 16.9. The smallest absolute Gasteiger partial charge is 0.0991 e. The molecule has 2 aromatic rings. The van der Waals surface area contributed by atoms with Gasteiger partial charge in [0.15, 0.2) is 0 Å². The van der Waals surface area contributed by atoms with Crippen LogP contribution in [0.4, 0.5) is 0 Å². The molecule has 1 aromatic carbocycles. The molecule has 0 saturated carbocycles. The second-order valence-electron chi connectivity index (χ2n) is 5.34. The van der Waals surface area contributed by atoms with Crippen LogP contribution in [0.25, 0.3) is 0 Å². The summed E-state index contributed by atoms with van der Waals surface area (Å²) < 4.78 is 1.90.